The highest BCUT2D eigenvalue weighted by atomic mass is 35.5. The van der Waals surface area contributed by atoms with Crippen LogP contribution in [-0.4, -0.2) is 24.7 Å². The maximum atomic E-state index is 12.6. The second kappa shape index (κ2) is 8.06. The second-order valence-corrected chi connectivity index (χ2v) is 6.21. The minimum Gasteiger partial charge on any atom is -0.497 e. The molecule has 1 aromatic heterocycles. The third-order valence-electron chi connectivity index (χ3n) is 4.07. The number of carbonyl (C=O) groups excluding carboxylic acids is 1. The summed E-state index contributed by atoms with van der Waals surface area (Å²) in [4.78, 5) is 12.6. The van der Waals surface area contributed by atoms with Crippen LogP contribution in [0.2, 0.25) is 5.02 Å². The predicted octanol–water partition coefficient (Wildman–Crippen LogP) is 4.28. The molecule has 0 spiro atoms. The molecule has 0 radical (unpaired) electrons. The fraction of sp³-hybridized carbons (Fsp3) is 0.200. The van der Waals surface area contributed by atoms with Crippen molar-refractivity contribution >= 4 is 17.5 Å². The average molecular weight is 371 g/mol. The van der Waals surface area contributed by atoms with Crippen molar-refractivity contribution in [3.05, 3.63) is 70.4 Å². The molecule has 134 valence electrons. The van der Waals surface area contributed by atoms with Gasteiger partial charge in [-0.2, -0.15) is 0 Å². The number of amides is 1. The van der Waals surface area contributed by atoms with Crippen molar-refractivity contribution in [3.63, 3.8) is 0 Å². The number of hydrogen-bond donors (Lipinski definition) is 1. The molecule has 6 heteroatoms. The Labute approximate surface area is 156 Å². The van der Waals surface area contributed by atoms with Crippen LogP contribution < -0.4 is 10.1 Å². The third kappa shape index (κ3) is 3.89. The lowest BCUT2D eigenvalue weighted by atomic mass is 10.1. The number of benzene rings is 2. The largest absolute Gasteiger partial charge is 0.497 e. The molecular weight excluding hydrogens is 352 g/mol. The van der Waals surface area contributed by atoms with E-state index in [1.807, 2.05) is 36.4 Å². The van der Waals surface area contributed by atoms with Crippen LogP contribution in [0.5, 0.6) is 5.75 Å². The van der Waals surface area contributed by atoms with Crippen molar-refractivity contribution in [2.75, 3.05) is 13.7 Å². The highest BCUT2D eigenvalue weighted by Crippen LogP contribution is 2.31. The van der Waals surface area contributed by atoms with E-state index in [0.717, 1.165) is 11.3 Å². The van der Waals surface area contributed by atoms with Crippen molar-refractivity contribution in [2.45, 2.75) is 13.3 Å². The molecule has 0 fully saturated rings. The Hall–Kier alpha value is -2.79. The lowest BCUT2D eigenvalue weighted by Gasteiger charge is -2.07. The molecular formula is C20H19ClN2O3. The maximum absolute atomic E-state index is 12.6. The summed E-state index contributed by atoms with van der Waals surface area (Å²) >= 11 is 6.22. The molecule has 3 rings (SSSR count). The van der Waals surface area contributed by atoms with E-state index in [-0.39, 0.29) is 5.91 Å². The lowest BCUT2D eigenvalue weighted by Crippen LogP contribution is -2.26. The molecule has 0 saturated carbocycles. The zero-order valence-electron chi connectivity index (χ0n) is 14.6. The number of carbonyl (C=O) groups is 1. The van der Waals surface area contributed by atoms with E-state index < -0.39 is 0 Å². The van der Waals surface area contributed by atoms with Gasteiger partial charge < -0.3 is 14.6 Å². The van der Waals surface area contributed by atoms with Crippen LogP contribution in [0.15, 0.2) is 53.1 Å². The first-order valence-electron chi connectivity index (χ1n) is 8.22. The molecule has 0 aliphatic heterocycles. The molecule has 1 heterocycles. The second-order valence-electron chi connectivity index (χ2n) is 5.81. The van der Waals surface area contributed by atoms with E-state index >= 15 is 0 Å². The standard InChI is InChI=1S/C20H19ClN2O3/c1-13-18(19(26-23-13)16-5-3-4-6-17(16)21)20(24)22-12-11-14-7-9-15(25-2)10-8-14/h3-10H,11-12H2,1-2H3,(H,22,24). The van der Waals surface area contributed by atoms with E-state index in [2.05, 4.69) is 10.5 Å². The van der Waals surface area contributed by atoms with Gasteiger partial charge in [0.1, 0.15) is 11.3 Å². The van der Waals surface area contributed by atoms with Crippen LogP contribution >= 0.6 is 11.6 Å². The first-order chi connectivity index (χ1) is 12.6. The van der Waals surface area contributed by atoms with Crippen molar-refractivity contribution in [2.24, 2.45) is 0 Å². The summed E-state index contributed by atoms with van der Waals surface area (Å²) in [6.45, 7) is 2.24. The van der Waals surface area contributed by atoms with Gasteiger partial charge in [-0.3, -0.25) is 4.79 Å². The van der Waals surface area contributed by atoms with Gasteiger partial charge in [0.15, 0.2) is 5.76 Å². The van der Waals surface area contributed by atoms with Crippen LogP contribution in [0, 0.1) is 6.92 Å². The quantitative estimate of drug-likeness (QED) is 0.703. The number of methoxy groups -OCH3 is 1. The zero-order chi connectivity index (χ0) is 18.5. The molecule has 1 N–H and O–H groups in total. The molecule has 0 unspecified atom stereocenters. The van der Waals surface area contributed by atoms with Crippen LogP contribution in [0.3, 0.4) is 0 Å². The number of aromatic nitrogens is 1. The third-order valence-corrected chi connectivity index (χ3v) is 4.40. The van der Waals surface area contributed by atoms with Crippen LogP contribution in [0.25, 0.3) is 11.3 Å². The van der Waals surface area contributed by atoms with E-state index in [4.69, 9.17) is 20.9 Å². The number of halogens is 1. The minimum absolute atomic E-state index is 0.229. The van der Waals surface area contributed by atoms with Gasteiger partial charge in [-0.25, -0.2) is 0 Å². The van der Waals surface area contributed by atoms with Gasteiger partial charge in [-0.05, 0) is 43.2 Å². The smallest absolute Gasteiger partial charge is 0.257 e. The SMILES string of the molecule is COc1ccc(CCNC(=O)c2c(C)noc2-c2ccccc2Cl)cc1. The number of nitrogens with zero attached hydrogens (tertiary/aromatic N) is 1. The van der Waals surface area contributed by atoms with Gasteiger partial charge in [0.25, 0.3) is 5.91 Å². The zero-order valence-corrected chi connectivity index (χ0v) is 15.3. The minimum atomic E-state index is -0.229. The van der Waals surface area contributed by atoms with Crippen LogP contribution in [0.1, 0.15) is 21.6 Å². The van der Waals surface area contributed by atoms with E-state index in [1.54, 1.807) is 26.2 Å². The van der Waals surface area contributed by atoms with Gasteiger partial charge in [0.2, 0.25) is 0 Å². The number of rotatable bonds is 6. The van der Waals surface area contributed by atoms with E-state index in [0.29, 0.717) is 40.6 Å². The van der Waals surface area contributed by atoms with Crippen molar-refractivity contribution in [3.8, 4) is 17.1 Å². The van der Waals surface area contributed by atoms with Crippen molar-refractivity contribution in [1.29, 1.82) is 0 Å². The Morgan fingerprint density at radius 1 is 1.19 bits per heavy atom. The average Bonchev–Trinajstić information content (AvgIpc) is 3.04. The number of hydrogen-bond acceptors (Lipinski definition) is 4. The van der Waals surface area contributed by atoms with E-state index in [9.17, 15) is 4.79 Å². The fourth-order valence-corrected chi connectivity index (χ4v) is 2.89. The molecule has 0 aliphatic rings. The molecule has 0 atom stereocenters. The topological polar surface area (TPSA) is 64.4 Å². The molecule has 1 amide bonds. The normalized spacial score (nSPS) is 10.6. The molecule has 5 nitrogen and oxygen atoms in total. The summed E-state index contributed by atoms with van der Waals surface area (Å²) in [6, 6.07) is 15.0. The van der Waals surface area contributed by atoms with Gasteiger partial charge in [-0.1, -0.05) is 41.0 Å². The lowest BCUT2D eigenvalue weighted by molar-refractivity contribution is 0.0954. The van der Waals surface area contributed by atoms with Gasteiger partial charge >= 0.3 is 0 Å². The highest BCUT2D eigenvalue weighted by molar-refractivity contribution is 6.33. The van der Waals surface area contributed by atoms with Crippen molar-refractivity contribution < 1.29 is 14.1 Å². The number of ether oxygens (including phenoxy) is 1. The first-order valence-corrected chi connectivity index (χ1v) is 8.60. The highest BCUT2D eigenvalue weighted by Gasteiger charge is 2.22. The van der Waals surface area contributed by atoms with Crippen LogP contribution in [-0.2, 0) is 6.42 Å². The molecule has 0 bridgehead atoms. The molecule has 3 aromatic rings. The Morgan fingerprint density at radius 3 is 2.62 bits per heavy atom. The number of aryl methyl sites for hydroxylation is 1. The molecule has 2 aromatic carbocycles. The van der Waals surface area contributed by atoms with Gasteiger partial charge in [0.05, 0.1) is 17.8 Å². The number of nitrogens with one attached hydrogen (secondary N) is 1. The Kier molecular flexibility index (Phi) is 5.58. The summed E-state index contributed by atoms with van der Waals surface area (Å²) in [7, 11) is 1.63. The predicted molar refractivity (Wildman–Crippen MR) is 101 cm³/mol. The summed E-state index contributed by atoms with van der Waals surface area (Å²) in [5.74, 6) is 0.962. The van der Waals surface area contributed by atoms with Gasteiger partial charge in [-0.15, -0.1) is 0 Å². The summed E-state index contributed by atoms with van der Waals surface area (Å²) in [5, 5.41) is 7.36. The van der Waals surface area contributed by atoms with Crippen molar-refractivity contribution in [1.82, 2.24) is 10.5 Å². The Balaban J connectivity index is 1.70. The Bertz CT molecular complexity index is 904. The van der Waals surface area contributed by atoms with Gasteiger partial charge in [0, 0.05) is 12.1 Å². The maximum Gasteiger partial charge on any atom is 0.257 e. The molecule has 0 aliphatic carbocycles. The summed E-state index contributed by atoms with van der Waals surface area (Å²) in [6.07, 6.45) is 0.710. The first kappa shape index (κ1) is 18.0. The fourth-order valence-electron chi connectivity index (χ4n) is 2.67. The summed E-state index contributed by atoms with van der Waals surface area (Å²) in [5.41, 5.74) is 2.70. The van der Waals surface area contributed by atoms with E-state index in [1.165, 1.54) is 0 Å². The molecule has 0 saturated heterocycles. The van der Waals surface area contributed by atoms with Crippen LogP contribution in [0.4, 0.5) is 0 Å². The Morgan fingerprint density at radius 2 is 1.92 bits per heavy atom. The summed E-state index contributed by atoms with van der Waals surface area (Å²) < 4.78 is 10.5. The molecule has 26 heavy (non-hydrogen) atoms. The monoisotopic (exact) mass is 370 g/mol.